The number of hydrogen-bond donors (Lipinski definition) is 2. The normalized spacial score (nSPS) is 23.2. The highest BCUT2D eigenvalue weighted by atomic mass is 16.3. The predicted molar refractivity (Wildman–Crippen MR) is 63.8 cm³/mol. The Morgan fingerprint density at radius 3 is 2.53 bits per heavy atom. The molecule has 1 fully saturated rings. The lowest BCUT2D eigenvalue weighted by atomic mass is 9.82. The average Bonchev–Trinajstić information content (AvgIpc) is 2.70. The van der Waals surface area contributed by atoms with E-state index < -0.39 is 0 Å². The fourth-order valence-corrected chi connectivity index (χ4v) is 2.50. The van der Waals surface area contributed by atoms with Crippen LogP contribution >= 0.6 is 0 Å². The van der Waals surface area contributed by atoms with E-state index >= 15 is 0 Å². The van der Waals surface area contributed by atoms with Gasteiger partial charge in [0.1, 0.15) is 0 Å². The number of aliphatic hydroxyl groups is 1. The largest absolute Gasteiger partial charge is 0.392 e. The summed E-state index contributed by atoms with van der Waals surface area (Å²) >= 11 is 0. The first-order valence-electron chi connectivity index (χ1n) is 6.26. The van der Waals surface area contributed by atoms with Crippen molar-refractivity contribution in [2.45, 2.75) is 45.6 Å². The summed E-state index contributed by atoms with van der Waals surface area (Å²) in [6.45, 7) is 8.38. The molecule has 1 atom stereocenters. The van der Waals surface area contributed by atoms with Crippen molar-refractivity contribution >= 4 is 0 Å². The summed E-state index contributed by atoms with van der Waals surface area (Å²) in [6.07, 6.45) is 4.38. The first-order valence-corrected chi connectivity index (χ1v) is 6.26. The number of aliphatic hydroxyl groups excluding tert-OH is 1. The molecule has 90 valence electrons. The predicted octanol–water partition coefficient (Wildman–Crippen LogP) is 1.21. The quantitative estimate of drug-likeness (QED) is 0.698. The van der Waals surface area contributed by atoms with Crippen LogP contribution in [0.2, 0.25) is 0 Å². The number of nitrogens with zero attached hydrogens (tertiary/aromatic N) is 1. The lowest BCUT2D eigenvalue weighted by Gasteiger charge is -2.26. The molecule has 0 spiro atoms. The smallest absolute Gasteiger partial charge is 0.0674 e. The van der Waals surface area contributed by atoms with Gasteiger partial charge in [0.2, 0.25) is 0 Å². The molecule has 3 N–H and O–H groups in total. The highest BCUT2D eigenvalue weighted by Gasteiger charge is 2.34. The average molecular weight is 214 g/mol. The van der Waals surface area contributed by atoms with Gasteiger partial charge in [0.25, 0.3) is 0 Å². The molecule has 0 aromatic heterocycles. The second-order valence-electron chi connectivity index (χ2n) is 4.91. The summed E-state index contributed by atoms with van der Waals surface area (Å²) < 4.78 is 0. The van der Waals surface area contributed by atoms with E-state index in [4.69, 9.17) is 5.73 Å². The van der Waals surface area contributed by atoms with E-state index in [2.05, 4.69) is 18.7 Å². The minimum Gasteiger partial charge on any atom is -0.392 e. The van der Waals surface area contributed by atoms with Gasteiger partial charge in [-0.3, -0.25) is 0 Å². The highest BCUT2D eigenvalue weighted by molar-refractivity contribution is 4.87. The summed E-state index contributed by atoms with van der Waals surface area (Å²) in [7, 11) is 0. The van der Waals surface area contributed by atoms with Crippen LogP contribution < -0.4 is 5.73 Å². The lowest BCUT2D eigenvalue weighted by molar-refractivity contribution is 0.148. The molecule has 0 aliphatic carbocycles. The second kappa shape index (κ2) is 5.83. The Balaban J connectivity index is 2.30. The van der Waals surface area contributed by atoms with E-state index in [1.165, 1.54) is 32.4 Å². The van der Waals surface area contributed by atoms with Gasteiger partial charge in [0, 0.05) is 19.6 Å². The van der Waals surface area contributed by atoms with Crippen LogP contribution in [0.4, 0.5) is 0 Å². The van der Waals surface area contributed by atoms with Crippen LogP contribution in [0.25, 0.3) is 0 Å². The highest BCUT2D eigenvalue weighted by Crippen LogP contribution is 2.36. The zero-order valence-electron chi connectivity index (χ0n) is 10.2. The van der Waals surface area contributed by atoms with Crippen LogP contribution in [0, 0.1) is 5.41 Å². The van der Waals surface area contributed by atoms with Crippen LogP contribution in [0.3, 0.4) is 0 Å². The molecule has 0 aromatic rings. The van der Waals surface area contributed by atoms with E-state index in [9.17, 15) is 5.11 Å². The Kier molecular flexibility index (Phi) is 5.03. The summed E-state index contributed by atoms with van der Waals surface area (Å²) in [4.78, 5) is 2.48. The van der Waals surface area contributed by atoms with E-state index in [1.54, 1.807) is 0 Å². The lowest BCUT2D eigenvalue weighted by Crippen LogP contribution is -2.30. The summed E-state index contributed by atoms with van der Waals surface area (Å²) in [5, 5.41) is 9.41. The molecule has 3 heteroatoms. The monoisotopic (exact) mass is 214 g/mol. The first-order chi connectivity index (χ1) is 7.15. The Bertz CT molecular complexity index is 180. The van der Waals surface area contributed by atoms with E-state index in [0.717, 1.165) is 13.0 Å². The standard InChI is InChI=1S/C12H26N2O/c1-3-12(4-2)6-8-14(10-12)7-5-11(15)9-13/h11,15H,3-10,13H2,1-2H3. The molecule has 0 bridgehead atoms. The zero-order chi connectivity index (χ0) is 11.3. The van der Waals surface area contributed by atoms with Crippen LogP contribution in [-0.2, 0) is 0 Å². The fourth-order valence-electron chi connectivity index (χ4n) is 2.50. The Morgan fingerprint density at radius 2 is 2.07 bits per heavy atom. The minimum atomic E-state index is -0.316. The van der Waals surface area contributed by atoms with Crippen molar-refractivity contribution in [3.63, 3.8) is 0 Å². The van der Waals surface area contributed by atoms with Crippen molar-refractivity contribution in [3.8, 4) is 0 Å². The number of likely N-dealkylation sites (tertiary alicyclic amines) is 1. The molecule has 0 aromatic carbocycles. The zero-order valence-corrected chi connectivity index (χ0v) is 10.2. The van der Waals surface area contributed by atoms with Crippen LogP contribution in [-0.4, -0.2) is 42.3 Å². The molecule has 1 unspecified atom stereocenters. The maximum absolute atomic E-state index is 9.41. The Labute approximate surface area is 93.6 Å². The summed E-state index contributed by atoms with van der Waals surface area (Å²) in [5.41, 5.74) is 5.94. The SMILES string of the molecule is CCC1(CC)CCN(CCC(O)CN)C1. The van der Waals surface area contributed by atoms with Gasteiger partial charge >= 0.3 is 0 Å². The van der Waals surface area contributed by atoms with Crippen molar-refractivity contribution < 1.29 is 5.11 Å². The van der Waals surface area contributed by atoms with Gasteiger partial charge in [0.05, 0.1) is 6.10 Å². The van der Waals surface area contributed by atoms with Crippen molar-refractivity contribution in [2.24, 2.45) is 11.1 Å². The number of nitrogens with two attached hydrogens (primary N) is 1. The molecule has 1 saturated heterocycles. The molecule has 1 aliphatic heterocycles. The Hall–Kier alpha value is -0.120. The van der Waals surface area contributed by atoms with Gasteiger partial charge in [-0.05, 0) is 37.6 Å². The molecule has 0 saturated carbocycles. The first kappa shape index (κ1) is 12.9. The second-order valence-corrected chi connectivity index (χ2v) is 4.91. The molecule has 0 amide bonds. The molecule has 15 heavy (non-hydrogen) atoms. The molecule has 3 nitrogen and oxygen atoms in total. The number of hydrogen-bond acceptors (Lipinski definition) is 3. The third-order valence-electron chi connectivity index (χ3n) is 4.07. The minimum absolute atomic E-state index is 0.316. The van der Waals surface area contributed by atoms with Crippen molar-refractivity contribution in [2.75, 3.05) is 26.2 Å². The van der Waals surface area contributed by atoms with E-state index in [1.807, 2.05) is 0 Å². The van der Waals surface area contributed by atoms with Crippen LogP contribution in [0.5, 0.6) is 0 Å². The van der Waals surface area contributed by atoms with Gasteiger partial charge < -0.3 is 15.7 Å². The van der Waals surface area contributed by atoms with E-state index in [-0.39, 0.29) is 6.10 Å². The summed E-state index contributed by atoms with van der Waals surface area (Å²) in [5.74, 6) is 0. The van der Waals surface area contributed by atoms with Gasteiger partial charge in [-0.2, -0.15) is 0 Å². The molecule has 1 heterocycles. The van der Waals surface area contributed by atoms with Gasteiger partial charge in [-0.1, -0.05) is 13.8 Å². The maximum atomic E-state index is 9.41. The third kappa shape index (κ3) is 3.44. The van der Waals surface area contributed by atoms with Crippen molar-refractivity contribution in [1.29, 1.82) is 0 Å². The molecular formula is C12H26N2O. The molecular weight excluding hydrogens is 188 g/mol. The summed E-state index contributed by atoms with van der Waals surface area (Å²) in [6, 6.07) is 0. The van der Waals surface area contributed by atoms with Crippen molar-refractivity contribution in [3.05, 3.63) is 0 Å². The molecule has 0 radical (unpaired) electrons. The maximum Gasteiger partial charge on any atom is 0.0674 e. The Morgan fingerprint density at radius 1 is 1.40 bits per heavy atom. The third-order valence-corrected chi connectivity index (χ3v) is 4.07. The van der Waals surface area contributed by atoms with Gasteiger partial charge in [-0.25, -0.2) is 0 Å². The number of rotatable bonds is 6. The topological polar surface area (TPSA) is 49.5 Å². The van der Waals surface area contributed by atoms with Crippen LogP contribution in [0.15, 0.2) is 0 Å². The van der Waals surface area contributed by atoms with Crippen molar-refractivity contribution in [1.82, 2.24) is 4.90 Å². The molecule has 1 rings (SSSR count). The van der Waals surface area contributed by atoms with Gasteiger partial charge in [0.15, 0.2) is 0 Å². The molecule has 1 aliphatic rings. The van der Waals surface area contributed by atoms with E-state index in [0.29, 0.717) is 12.0 Å². The van der Waals surface area contributed by atoms with Gasteiger partial charge in [-0.15, -0.1) is 0 Å². The van der Waals surface area contributed by atoms with Crippen LogP contribution in [0.1, 0.15) is 39.5 Å². The fraction of sp³-hybridized carbons (Fsp3) is 1.00.